The SMILES string of the molecule is CCCCS(=O)(=O)N1CCC(N2CC(=O)N(c3ccccc3)C2=O)CC1. The van der Waals surface area contributed by atoms with Gasteiger partial charge in [0.15, 0.2) is 0 Å². The fourth-order valence-corrected chi connectivity index (χ4v) is 5.20. The zero-order chi connectivity index (χ0) is 18.7. The van der Waals surface area contributed by atoms with Crippen LogP contribution in [0.15, 0.2) is 30.3 Å². The number of hydrogen-bond acceptors (Lipinski definition) is 4. The highest BCUT2D eigenvalue weighted by Crippen LogP contribution is 2.27. The van der Waals surface area contributed by atoms with E-state index in [1.54, 1.807) is 29.2 Å². The molecule has 0 N–H and O–H groups in total. The molecule has 0 aliphatic carbocycles. The van der Waals surface area contributed by atoms with Gasteiger partial charge in [-0.25, -0.2) is 22.4 Å². The second-order valence-corrected chi connectivity index (χ2v) is 8.86. The normalized spacial score (nSPS) is 20.2. The van der Waals surface area contributed by atoms with Crippen molar-refractivity contribution in [1.82, 2.24) is 9.21 Å². The maximum atomic E-state index is 12.7. The molecule has 142 valence electrons. The van der Waals surface area contributed by atoms with Crippen LogP contribution in [0.25, 0.3) is 0 Å². The third-order valence-corrected chi connectivity index (χ3v) is 6.98. The molecule has 2 heterocycles. The Kier molecular flexibility index (Phi) is 5.62. The van der Waals surface area contributed by atoms with Crippen LogP contribution in [0, 0.1) is 0 Å². The van der Waals surface area contributed by atoms with Gasteiger partial charge in [-0.1, -0.05) is 31.5 Å². The number of urea groups is 1. The van der Waals surface area contributed by atoms with E-state index in [1.807, 2.05) is 13.0 Å². The Hall–Kier alpha value is -1.93. The molecule has 1 aromatic rings. The van der Waals surface area contributed by atoms with Gasteiger partial charge in [0.25, 0.3) is 5.91 Å². The van der Waals surface area contributed by atoms with E-state index in [2.05, 4.69) is 0 Å². The number of nitrogens with zero attached hydrogens (tertiary/aromatic N) is 3. The second kappa shape index (κ2) is 7.75. The monoisotopic (exact) mass is 379 g/mol. The van der Waals surface area contributed by atoms with Crippen molar-refractivity contribution in [2.75, 3.05) is 30.3 Å². The lowest BCUT2D eigenvalue weighted by Crippen LogP contribution is -2.48. The fraction of sp³-hybridized carbons (Fsp3) is 0.556. The van der Waals surface area contributed by atoms with Gasteiger partial charge in [-0.3, -0.25) is 4.79 Å². The van der Waals surface area contributed by atoms with Gasteiger partial charge in [-0.2, -0.15) is 0 Å². The Morgan fingerprint density at radius 1 is 1.08 bits per heavy atom. The zero-order valence-corrected chi connectivity index (χ0v) is 15.8. The van der Waals surface area contributed by atoms with Crippen LogP contribution in [-0.2, 0) is 14.8 Å². The van der Waals surface area contributed by atoms with Crippen LogP contribution >= 0.6 is 0 Å². The van der Waals surface area contributed by atoms with Gasteiger partial charge < -0.3 is 4.90 Å². The third-order valence-electron chi connectivity index (χ3n) is 5.02. The number of carbonyl (C=O) groups is 2. The number of rotatable bonds is 6. The average molecular weight is 379 g/mol. The lowest BCUT2D eigenvalue weighted by atomic mass is 10.1. The minimum atomic E-state index is -3.22. The lowest BCUT2D eigenvalue weighted by molar-refractivity contribution is -0.116. The highest BCUT2D eigenvalue weighted by atomic mass is 32.2. The minimum absolute atomic E-state index is 0.0565. The van der Waals surface area contributed by atoms with Crippen molar-refractivity contribution in [3.05, 3.63) is 30.3 Å². The highest BCUT2D eigenvalue weighted by molar-refractivity contribution is 7.89. The maximum Gasteiger partial charge on any atom is 0.332 e. The summed E-state index contributed by atoms with van der Waals surface area (Å²) in [4.78, 5) is 27.9. The molecule has 0 aromatic heterocycles. The van der Waals surface area contributed by atoms with E-state index in [4.69, 9.17) is 0 Å². The van der Waals surface area contributed by atoms with Crippen molar-refractivity contribution < 1.29 is 18.0 Å². The maximum absolute atomic E-state index is 12.7. The summed E-state index contributed by atoms with van der Waals surface area (Å²) in [6.07, 6.45) is 2.63. The number of piperidine rings is 1. The fourth-order valence-electron chi connectivity index (χ4n) is 3.52. The van der Waals surface area contributed by atoms with Gasteiger partial charge >= 0.3 is 6.03 Å². The summed E-state index contributed by atoms with van der Waals surface area (Å²) < 4.78 is 26.1. The first kappa shape index (κ1) is 18.8. The molecule has 7 nitrogen and oxygen atoms in total. The van der Waals surface area contributed by atoms with Gasteiger partial charge in [0.2, 0.25) is 10.0 Å². The van der Waals surface area contributed by atoms with Crippen LogP contribution in [0.2, 0.25) is 0 Å². The quantitative estimate of drug-likeness (QED) is 0.709. The first-order valence-corrected chi connectivity index (χ1v) is 10.7. The number of carbonyl (C=O) groups excluding carboxylic acids is 2. The Balaban J connectivity index is 1.64. The second-order valence-electron chi connectivity index (χ2n) is 6.77. The van der Waals surface area contributed by atoms with E-state index in [-0.39, 0.29) is 30.3 Å². The Morgan fingerprint density at radius 2 is 1.73 bits per heavy atom. The number of anilines is 1. The molecule has 0 unspecified atom stereocenters. The molecule has 2 aliphatic rings. The Bertz CT molecular complexity index is 758. The van der Waals surface area contributed by atoms with Crippen molar-refractivity contribution in [3.63, 3.8) is 0 Å². The summed E-state index contributed by atoms with van der Waals surface area (Å²) >= 11 is 0. The van der Waals surface area contributed by atoms with Crippen LogP contribution in [0.5, 0.6) is 0 Å². The molecule has 0 radical (unpaired) electrons. The summed E-state index contributed by atoms with van der Waals surface area (Å²) in [7, 11) is -3.22. The van der Waals surface area contributed by atoms with Crippen LogP contribution in [0.3, 0.4) is 0 Å². The van der Waals surface area contributed by atoms with E-state index in [1.165, 1.54) is 9.21 Å². The van der Waals surface area contributed by atoms with Crippen LogP contribution in [0.1, 0.15) is 32.6 Å². The summed E-state index contributed by atoms with van der Waals surface area (Å²) in [5.74, 6) is -0.0592. The van der Waals surface area contributed by atoms with Crippen molar-refractivity contribution in [2.45, 2.75) is 38.6 Å². The molecule has 0 spiro atoms. The van der Waals surface area contributed by atoms with E-state index < -0.39 is 10.0 Å². The molecule has 0 saturated carbocycles. The number of unbranched alkanes of at least 4 members (excludes halogenated alkanes) is 1. The average Bonchev–Trinajstić information content (AvgIpc) is 2.95. The molecular formula is C18H25N3O4S. The molecular weight excluding hydrogens is 354 g/mol. The van der Waals surface area contributed by atoms with Gasteiger partial charge in [0.05, 0.1) is 11.4 Å². The predicted molar refractivity (Wildman–Crippen MR) is 99.3 cm³/mol. The largest absolute Gasteiger partial charge is 0.332 e. The molecule has 0 bridgehead atoms. The summed E-state index contributed by atoms with van der Waals surface area (Å²) in [6.45, 7) is 2.83. The van der Waals surface area contributed by atoms with Gasteiger partial charge in [-0.15, -0.1) is 0 Å². The molecule has 2 fully saturated rings. The number of amides is 3. The smallest absolute Gasteiger partial charge is 0.312 e. The molecule has 2 saturated heterocycles. The third kappa shape index (κ3) is 3.76. The van der Waals surface area contributed by atoms with Gasteiger partial charge in [0, 0.05) is 19.1 Å². The first-order valence-electron chi connectivity index (χ1n) is 9.10. The van der Waals surface area contributed by atoms with Crippen LogP contribution in [-0.4, -0.2) is 61.0 Å². The lowest BCUT2D eigenvalue weighted by Gasteiger charge is -2.35. The Morgan fingerprint density at radius 3 is 2.35 bits per heavy atom. The van der Waals surface area contributed by atoms with E-state index in [0.717, 1.165) is 6.42 Å². The number of imide groups is 1. The van der Waals surface area contributed by atoms with E-state index in [0.29, 0.717) is 38.0 Å². The molecule has 2 aliphatic heterocycles. The standard InChI is InChI=1S/C18H25N3O4S/c1-2-3-13-26(24,25)19-11-9-15(10-12-19)20-14-17(22)21(18(20)23)16-7-5-4-6-8-16/h4-8,15H,2-3,9-14H2,1H3. The van der Waals surface area contributed by atoms with Crippen LogP contribution < -0.4 is 4.90 Å². The minimum Gasteiger partial charge on any atom is -0.312 e. The molecule has 0 atom stereocenters. The molecule has 8 heteroatoms. The van der Waals surface area contributed by atoms with Crippen molar-refractivity contribution >= 4 is 27.6 Å². The predicted octanol–water partition coefficient (Wildman–Crippen LogP) is 2.05. The Labute approximate surface area is 154 Å². The zero-order valence-electron chi connectivity index (χ0n) is 15.0. The topological polar surface area (TPSA) is 78.0 Å². The molecule has 1 aromatic carbocycles. The van der Waals surface area contributed by atoms with Crippen molar-refractivity contribution in [3.8, 4) is 0 Å². The van der Waals surface area contributed by atoms with Crippen LogP contribution in [0.4, 0.5) is 10.5 Å². The number of sulfonamides is 1. The molecule has 3 amide bonds. The molecule has 26 heavy (non-hydrogen) atoms. The van der Waals surface area contributed by atoms with Gasteiger partial charge in [0.1, 0.15) is 6.54 Å². The summed E-state index contributed by atoms with van der Waals surface area (Å²) in [5.41, 5.74) is 0.574. The molecule has 3 rings (SSSR count). The van der Waals surface area contributed by atoms with Crippen molar-refractivity contribution in [1.29, 1.82) is 0 Å². The highest BCUT2D eigenvalue weighted by Gasteiger charge is 2.42. The summed E-state index contributed by atoms with van der Waals surface area (Å²) in [5, 5.41) is 0. The number of hydrogen-bond donors (Lipinski definition) is 0. The number of benzene rings is 1. The summed E-state index contributed by atoms with van der Waals surface area (Å²) in [6, 6.07) is 8.48. The van der Waals surface area contributed by atoms with E-state index in [9.17, 15) is 18.0 Å². The van der Waals surface area contributed by atoms with E-state index >= 15 is 0 Å². The first-order chi connectivity index (χ1) is 12.4. The van der Waals surface area contributed by atoms with Crippen molar-refractivity contribution in [2.24, 2.45) is 0 Å². The van der Waals surface area contributed by atoms with Gasteiger partial charge in [-0.05, 0) is 31.4 Å². The number of para-hydroxylation sites is 1.